The van der Waals surface area contributed by atoms with Gasteiger partial charge in [0, 0.05) is 32.9 Å². The number of benzene rings is 8. The summed E-state index contributed by atoms with van der Waals surface area (Å²) in [5.41, 5.74) is 10.6. The van der Waals surface area contributed by atoms with E-state index in [9.17, 15) is 0 Å². The number of para-hydroxylation sites is 1. The van der Waals surface area contributed by atoms with Crippen LogP contribution in [0.25, 0.3) is 87.3 Å². The highest BCUT2D eigenvalue weighted by molar-refractivity contribution is 6.25. The zero-order chi connectivity index (χ0) is 34.9. The molecule has 1 aliphatic carbocycles. The highest BCUT2D eigenvalue weighted by Crippen LogP contribution is 2.49. The molecule has 0 amide bonds. The Morgan fingerprint density at radius 2 is 0.904 bits per heavy atom. The van der Waals surface area contributed by atoms with Gasteiger partial charge in [-0.3, -0.25) is 0 Å². The smallest absolute Gasteiger partial charge is 0.0549 e. The lowest BCUT2D eigenvalue weighted by atomic mass is 9.63. The second kappa shape index (κ2) is 10.4. The molecule has 0 bridgehead atoms. The number of rotatable bonds is 2. The number of aromatic nitrogens is 2. The third kappa shape index (κ3) is 4.07. The van der Waals surface area contributed by atoms with Crippen LogP contribution in [0.2, 0.25) is 0 Å². The number of nitrogens with zero attached hydrogens (tertiary/aromatic N) is 2. The zero-order valence-corrected chi connectivity index (χ0v) is 30.2. The van der Waals surface area contributed by atoms with Crippen LogP contribution >= 0.6 is 0 Å². The summed E-state index contributed by atoms with van der Waals surface area (Å²) in [6.45, 7) is 9.74. The largest absolute Gasteiger partial charge is 0.309 e. The first kappa shape index (κ1) is 29.8. The van der Waals surface area contributed by atoms with Gasteiger partial charge in [0.05, 0.1) is 22.1 Å². The summed E-state index contributed by atoms with van der Waals surface area (Å²) in [6, 6.07) is 54.8. The molecule has 0 atom stereocenters. The van der Waals surface area contributed by atoms with Crippen molar-refractivity contribution in [3.63, 3.8) is 0 Å². The van der Waals surface area contributed by atoms with Crippen LogP contribution in [0.15, 0.2) is 146 Å². The Balaban J connectivity index is 1.31. The van der Waals surface area contributed by atoms with Gasteiger partial charge in [0.1, 0.15) is 0 Å². The van der Waals surface area contributed by atoms with E-state index in [0.717, 1.165) is 0 Å². The van der Waals surface area contributed by atoms with Crippen LogP contribution in [0, 0.1) is 0 Å². The molecule has 250 valence electrons. The SMILES string of the molecule is CC1(C)CCC(C)(C)c2cc3c(cc21)c1cc2c(cc1n3-c1ccccc1)c1c3ccccc3ccc1n2-c1ccc2c(ccc3ccccc32)c1. The number of fused-ring (bicyclic) bond motifs is 12. The molecular formula is C50H40N2. The summed E-state index contributed by atoms with van der Waals surface area (Å²) in [5.74, 6) is 0. The van der Waals surface area contributed by atoms with E-state index < -0.39 is 0 Å². The second-order valence-corrected chi connectivity index (χ2v) is 16.4. The number of hydrogen-bond donors (Lipinski definition) is 0. The minimum atomic E-state index is 0.118. The fourth-order valence-corrected chi connectivity index (χ4v) is 9.63. The maximum atomic E-state index is 2.56. The van der Waals surface area contributed by atoms with Crippen LogP contribution in [0.4, 0.5) is 0 Å². The summed E-state index contributed by atoms with van der Waals surface area (Å²) < 4.78 is 5.04. The number of hydrogen-bond acceptors (Lipinski definition) is 0. The molecule has 1 aliphatic rings. The van der Waals surface area contributed by atoms with Gasteiger partial charge < -0.3 is 9.13 Å². The van der Waals surface area contributed by atoms with Crippen molar-refractivity contribution in [2.75, 3.05) is 0 Å². The standard InChI is InChI=1S/C50H40N2/c1-49(2)24-25-50(3,4)43-30-47-39(27-42(43)49)40-28-46-41(29-45(40)51(47)34-14-6-5-7-15-34)48-38-17-11-9-13-32(38)20-23-44(48)52(46)35-21-22-37-33(26-35)19-18-31-12-8-10-16-36(31)37/h5-23,26-30H,24-25H2,1-4H3. The Labute approximate surface area is 303 Å². The van der Waals surface area contributed by atoms with E-state index in [1.807, 2.05) is 0 Å². The molecule has 2 nitrogen and oxygen atoms in total. The molecule has 0 saturated heterocycles. The van der Waals surface area contributed by atoms with Crippen LogP contribution < -0.4 is 0 Å². The lowest BCUT2D eigenvalue weighted by Gasteiger charge is -2.42. The van der Waals surface area contributed by atoms with Crippen molar-refractivity contribution < 1.29 is 0 Å². The summed E-state index contributed by atoms with van der Waals surface area (Å²) in [6.07, 6.45) is 2.39. The monoisotopic (exact) mass is 668 g/mol. The fraction of sp³-hybridized carbons (Fsp3) is 0.160. The second-order valence-electron chi connectivity index (χ2n) is 16.4. The molecule has 8 aromatic carbocycles. The normalized spacial score (nSPS) is 15.5. The minimum absolute atomic E-state index is 0.118. The quantitative estimate of drug-likeness (QED) is 0.162. The van der Waals surface area contributed by atoms with Crippen molar-refractivity contribution in [1.29, 1.82) is 0 Å². The van der Waals surface area contributed by atoms with E-state index in [-0.39, 0.29) is 10.8 Å². The van der Waals surface area contributed by atoms with Crippen LogP contribution in [0.3, 0.4) is 0 Å². The van der Waals surface area contributed by atoms with Gasteiger partial charge in [-0.2, -0.15) is 0 Å². The highest BCUT2D eigenvalue weighted by atomic mass is 15.0. The van der Waals surface area contributed by atoms with Crippen LogP contribution in [0.5, 0.6) is 0 Å². The molecule has 10 aromatic rings. The molecule has 2 aromatic heterocycles. The molecule has 2 heterocycles. The molecule has 0 radical (unpaired) electrons. The maximum Gasteiger partial charge on any atom is 0.0549 e. The van der Waals surface area contributed by atoms with E-state index in [1.165, 1.54) is 111 Å². The molecule has 0 unspecified atom stereocenters. The Kier molecular flexibility index (Phi) is 5.94. The Bertz CT molecular complexity index is 3110. The predicted octanol–water partition coefficient (Wildman–Crippen LogP) is 13.7. The first-order valence-electron chi connectivity index (χ1n) is 18.7. The average Bonchev–Trinajstić information content (AvgIpc) is 3.67. The topological polar surface area (TPSA) is 9.86 Å². The van der Waals surface area contributed by atoms with Gasteiger partial charge in [-0.1, -0.05) is 119 Å². The highest BCUT2D eigenvalue weighted by Gasteiger charge is 2.38. The van der Waals surface area contributed by atoms with Gasteiger partial charge in [0.25, 0.3) is 0 Å². The van der Waals surface area contributed by atoms with E-state index in [2.05, 4.69) is 182 Å². The molecule has 0 fully saturated rings. The lowest BCUT2D eigenvalue weighted by Crippen LogP contribution is -2.33. The first-order valence-corrected chi connectivity index (χ1v) is 18.7. The predicted molar refractivity (Wildman–Crippen MR) is 223 cm³/mol. The van der Waals surface area contributed by atoms with Gasteiger partial charge in [0.2, 0.25) is 0 Å². The summed E-state index contributed by atoms with van der Waals surface area (Å²) in [7, 11) is 0. The van der Waals surface area contributed by atoms with Crippen LogP contribution in [0.1, 0.15) is 51.7 Å². The van der Waals surface area contributed by atoms with Crippen molar-refractivity contribution in [3.05, 3.63) is 157 Å². The molecule has 0 saturated carbocycles. The third-order valence-corrected chi connectivity index (χ3v) is 12.5. The zero-order valence-electron chi connectivity index (χ0n) is 30.2. The fourth-order valence-electron chi connectivity index (χ4n) is 9.63. The Morgan fingerprint density at radius 1 is 0.365 bits per heavy atom. The summed E-state index contributed by atoms with van der Waals surface area (Å²) >= 11 is 0. The molecule has 2 heteroatoms. The molecule has 0 N–H and O–H groups in total. The third-order valence-electron chi connectivity index (χ3n) is 12.5. The lowest BCUT2D eigenvalue weighted by molar-refractivity contribution is 0.332. The summed E-state index contributed by atoms with van der Waals surface area (Å²) in [5, 5.41) is 12.9. The maximum absolute atomic E-state index is 2.56. The first-order chi connectivity index (χ1) is 25.3. The molecule has 11 rings (SSSR count). The van der Waals surface area contributed by atoms with Gasteiger partial charge >= 0.3 is 0 Å². The van der Waals surface area contributed by atoms with Crippen molar-refractivity contribution >= 4 is 75.9 Å². The van der Waals surface area contributed by atoms with Crippen LogP contribution in [-0.2, 0) is 10.8 Å². The van der Waals surface area contributed by atoms with E-state index in [0.29, 0.717) is 0 Å². The van der Waals surface area contributed by atoms with E-state index in [4.69, 9.17) is 0 Å². The minimum Gasteiger partial charge on any atom is -0.309 e. The van der Waals surface area contributed by atoms with Crippen molar-refractivity contribution in [2.24, 2.45) is 0 Å². The summed E-state index contributed by atoms with van der Waals surface area (Å²) in [4.78, 5) is 0. The van der Waals surface area contributed by atoms with Crippen molar-refractivity contribution in [1.82, 2.24) is 9.13 Å². The average molecular weight is 669 g/mol. The van der Waals surface area contributed by atoms with Gasteiger partial charge in [-0.25, -0.2) is 0 Å². The molecule has 0 spiro atoms. The Morgan fingerprint density at radius 3 is 1.69 bits per heavy atom. The van der Waals surface area contributed by atoms with E-state index >= 15 is 0 Å². The van der Waals surface area contributed by atoms with Gasteiger partial charge in [-0.05, 0) is 122 Å². The molecule has 52 heavy (non-hydrogen) atoms. The van der Waals surface area contributed by atoms with Gasteiger partial charge in [0.15, 0.2) is 0 Å². The van der Waals surface area contributed by atoms with E-state index in [1.54, 1.807) is 0 Å². The Hall–Kier alpha value is -5.86. The molecular weight excluding hydrogens is 629 g/mol. The van der Waals surface area contributed by atoms with Crippen LogP contribution in [-0.4, -0.2) is 9.13 Å². The molecule has 0 aliphatic heterocycles. The van der Waals surface area contributed by atoms with Crippen molar-refractivity contribution in [2.45, 2.75) is 51.4 Å². The van der Waals surface area contributed by atoms with Gasteiger partial charge in [-0.15, -0.1) is 0 Å². The van der Waals surface area contributed by atoms with Crippen molar-refractivity contribution in [3.8, 4) is 11.4 Å².